The molecule has 3 aromatic rings. The number of piperazine rings is 1. The van der Waals surface area contributed by atoms with Crippen molar-refractivity contribution in [2.24, 2.45) is 0 Å². The van der Waals surface area contributed by atoms with Gasteiger partial charge in [0.15, 0.2) is 17.1 Å². The van der Waals surface area contributed by atoms with Gasteiger partial charge in [0.25, 0.3) is 0 Å². The monoisotopic (exact) mass is 454 g/mol. The Morgan fingerprint density at radius 1 is 0.912 bits per heavy atom. The van der Waals surface area contributed by atoms with E-state index in [-0.39, 0.29) is 17.4 Å². The SMILES string of the molecule is C=Cc1cccc(C2(N3CCN(Cc4cc(F)ccc4C)CC3)C(=O)c3ccccc3C2=O)c1. The molecule has 0 atom stereocenters. The Hall–Kier alpha value is -3.41. The second kappa shape index (κ2) is 8.75. The van der Waals surface area contributed by atoms with Crippen LogP contribution in [0.25, 0.3) is 6.08 Å². The number of hydrogen-bond donors (Lipinski definition) is 0. The number of rotatable bonds is 5. The maximum atomic E-state index is 13.9. The van der Waals surface area contributed by atoms with Crippen LogP contribution in [0.15, 0.2) is 73.3 Å². The van der Waals surface area contributed by atoms with Gasteiger partial charge in [-0.15, -0.1) is 0 Å². The first-order valence-electron chi connectivity index (χ1n) is 11.6. The number of halogens is 1. The average molecular weight is 455 g/mol. The quantitative estimate of drug-likeness (QED) is 0.516. The van der Waals surface area contributed by atoms with Crippen LogP contribution in [0, 0.1) is 12.7 Å². The normalized spacial score (nSPS) is 18.2. The molecule has 0 radical (unpaired) electrons. The van der Waals surface area contributed by atoms with Crippen LogP contribution in [0.2, 0.25) is 0 Å². The number of hydrogen-bond acceptors (Lipinski definition) is 4. The molecule has 0 aromatic heterocycles. The van der Waals surface area contributed by atoms with Crippen molar-refractivity contribution in [2.75, 3.05) is 26.2 Å². The van der Waals surface area contributed by atoms with Gasteiger partial charge in [-0.25, -0.2) is 4.39 Å². The largest absolute Gasteiger partial charge is 0.297 e. The first-order chi connectivity index (χ1) is 16.4. The standard InChI is InChI=1S/C29H27FN2O2/c1-3-21-7-6-8-23(17-21)29(27(33)25-9-4-5-10-26(25)28(29)34)32-15-13-31(14-16-32)19-22-18-24(30)12-11-20(22)2/h3-12,17-18H,1,13-16,19H2,2H3. The molecule has 0 N–H and O–H groups in total. The predicted octanol–water partition coefficient (Wildman–Crippen LogP) is 4.87. The third-order valence-electron chi connectivity index (χ3n) is 7.17. The van der Waals surface area contributed by atoms with Gasteiger partial charge in [-0.05, 0) is 47.4 Å². The molecule has 5 rings (SSSR count). The lowest BCUT2D eigenvalue weighted by Gasteiger charge is -2.44. The van der Waals surface area contributed by atoms with Gasteiger partial charge in [-0.2, -0.15) is 0 Å². The predicted molar refractivity (Wildman–Crippen MR) is 131 cm³/mol. The molecule has 5 heteroatoms. The number of fused-ring (bicyclic) bond motifs is 1. The molecule has 34 heavy (non-hydrogen) atoms. The summed E-state index contributed by atoms with van der Waals surface area (Å²) in [5.74, 6) is -0.562. The van der Waals surface area contributed by atoms with Crippen molar-refractivity contribution < 1.29 is 14.0 Å². The minimum absolute atomic E-state index is 0.163. The van der Waals surface area contributed by atoms with Gasteiger partial charge < -0.3 is 0 Å². The van der Waals surface area contributed by atoms with Gasteiger partial charge in [0, 0.05) is 43.9 Å². The zero-order valence-corrected chi connectivity index (χ0v) is 19.3. The highest BCUT2D eigenvalue weighted by Gasteiger charge is 2.58. The number of nitrogens with zero attached hydrogens (tertiary/aromatic N) is 2. The summed E-state index contributed by atoms with van der Waals surface area (Å²) >= 11 is 0. The third-order valence-corrected chi connectivity index (χ3v) is 7.17. The lowest BCUT2D eigenvalue weighted by Crippen LogP contribution is -2.60. The minimum atomic E-state index is -1.37. The van der Waals surface area contributed by atoms with Gasteiger partial charge >= 0.3 is 0 Å². The van der Waals surface area contributed by atoms with Gasteiger partial charge in [0.1, 0.15) is 5.82 Å². The summed E-state index contributed by atoms with van der Waals surface area (Å²) < 4.78 is 13.8. The molecule has 4 nitrogen and oxygen atoms in total. The molecular weight excluding hydrogens is 427 g/mol. The molecule has 0 amide bonds. The number of ketones is 2. The van der Waals surface area contributed by atoms with Crippen molar-refractivity contribution in [3.05, 3.63) is 113 Å². The average Bonchev–Trinajstić information content (AvgIpc) is 3.09. The maximum Gasteiger partial charge on any atom is 0.196 e. The highest BCUT2D eigenvalue weighted by Crippen LogP contribution is 2.43. The van der Waals surface area contributed by atoms with E-state index in [1.807, 2.05) is 36.1 Å². The summed E-state index contributed by atoms with van der Waals surface area (Å²) in [7, 11) is 0. The van der Waals surface area contributed by atoms with Gasteiger partial charge in [-0.1, -0.05) is 61.2 Å². The summed E-state index contributed by atoms with van der Waals surface area (Å²) in [4.78, 5) is 32.2. The van der Waals surface area contributed by atoms with Crippen molar-refractivity contribution in [1.82, 2.24) is 9.80 Å². The Morgan fingerprint density at radius 3 is 2.24 bits per heavy atom. The Balaban J connectivity index is 1.48. The fraction of sp³-hybridized carbons (Fsp3) is 0.241. The number of aryl methyl sites for hydroxylation is 1. The molecule has 172 valence electrons. The van der Waals surface area contributed by atoms with E-state index in [0.29, 0.717) is 49.4 Å². The smallest absolute Gasteiger partial charge is 0.196 e. The summed E-state index contributed by atoms with van der Waals surface area (Å²) in [6.07, 6.45) is 1.73. The van der Waals surface area contributed by atoms with Crippen LogP contribution in [-0.2, 0) is 12.1 Å². The zero-order valence-electron chi connectivity index (χ0n) is 19.3. The number of benzene rings is 3. The Morgan fingerprint density at radius 2 is 1.59 bits per heavy atom. The fourth-order valence-electron chi connectivity index (χ4n) is 5.29. The van der Waals surface area contributed by atoms with Gasteiger partial charge in [-0.3, -0.25) is 19.4 Å². The lowest BCUT2D eigenvalue weighted by molar-refractivity contribution is 0.0279. The van der Waals surface area contributed by atoms with Crippen LogP contribution in [0.5, 0.6) is 0 Å². The Bertz CT molecular complexity index is 1260. The van der Waals surface area contributed by atoms with Gasteiger partial charge in [0.05, 0.1) is 0 Å². The number of carbonyl (C=O) groups excluding carboxylic acids is 2. The van der Waals surface area contributed by atoms with E-state index in [1.165, 1.54) is 6.07 Å². The van der Waals surface area contributed by atoms with E-state index in [0.717, 1.165) is 16.7 Å². The van der Waals surface area contributed by atoms with E-state index in [4.69, 9.17) is 0 Å². The van der Waals surface area contributed by atoms with Crippen LogP contribution < -0.4 is 0 Å². The molecule has 1 saturated heterocycles. The highest BCUT2D eigenvalue weighted by atomic mass is 19.1. The zero-order chi connectivity index (χ0) is 23.9. The summed E-state index contributed by atoms with van der Waals surface area (Å²) in [5.41, 5.74) is 3.16. The van der Waals surface area contributed by atoms with Crippen molar-refractivity contribution >= 4 is 17.6 Å². The molecule has 1 heterocycles. The van der Waals surface area contributed by atoms with E-state index in [2.05, 4.69) is 11.5 Å². The first kappa shape index (κ1) is 22.4. The molecule has 2 aliphatic rings. The number of carbonyl (C=O) groups is 2. The molecule has 0 saturated carbocycles. The van der Waals surface area contributed by atoms with Crippen LogP contribution in [0.1, 0.15) is 43.0 Å². The van der Waals surface area contributed by atoms with E-state index in [1.54, 1.807) is 42.5 Å². The van der Waals surface area contributed by atoms with Crippen LogP contribution in [0.3, 0.4) is 0 Å². The highest BCUT2D eigenvalue weighted by molar-refractivity contribution is 6.32. The van der Waals surface area contributed by atoms with Crippen molar-refractivity contribution in [2.45, 2.75) is 19.0 Å². The maximum absolute atomic E-state index is 13.9. The van der Waals surface area contributed by atoms with Crippen LogP contribution >= 0.6 is 0 Å². The molecule has 0 unspecified atom stereocenters. The molecule has 0 spiro atoms. The molecule has 1 fully saturated rings. The van der Waals surface area contributed by atoms with Gasteiger partial charge in [0.2, 0.25) is 0 Å². The number of Topliss-reactive ketones (excluding diaryl/α,β-unsaturated/α-hetero) is 2. The van der Waals surface area contributed by atoms with E-state index >= 15 is 0 Å². The second-order valence-corrected chi connectivity index (χ2v) is 9.08. The second-order valence-electron chi connectivity index (χ2n) is 9.08. The van der Waals surface area contributed by atoms with E-state index in [9.17, 15) is 14.0 Å². The van der Waals surface area contributed by atoms with E-state index < -0.39 is 5.54 Å². The van der Waals surface area contributed by atoms with Crippen LogP contribution in [0.4, 0.5) is 4.39 Å². The molecule has 3 aromatic carbocycles. The Kier molecular flexibility index (Phi) is 5.76. The molecular formula is C29H27FN2O2. The Labute approximate surface area is 199 Å². The van der Waals surface area contributed by atoms with Crippen molar-refractivity contribution in [3.63, 3.8) is 0 Å². The van der Waals surface area contributed by atoms with Crippen LogP contribution in [-0.4, -0.2) is 47.5 Å². The molecule has 1 aliphatic carbocycles. The minimum Gasteiger partial charge on any atom is -0.297 e. The summed E-state index contributed by atoms with van der Waals surface area (Å²) in [6, 6.07) is 19.5. The first-order valence-corrected chi connectivity index (χ1v) is 11.6. The fourth-order valence-corrected chi connectivity index (χ4v) is 5.29. The summed E-state index contributed by atoms with van der Waals surface area (Å²) in [5, 5.41) is 0. The molecule has 1 aliphatic heterocycles. The molecule has 0 bridgehead atoms. The van der Waals surface area contributed by atoms with Crippen molar-refractivity contribution in [3.8, 4) is 0 Å². The third kappa shape index (κ3) is 3.52. The lowest BCUT2D eigenvalue weighted by atomic mass is 9.81. The topological polar surface area (TPSA) is 40.6 Å². The summed E-state index contributed by atoms with van der Waals surface area (Å²) in [6.45, 7) is 8.94. The van der Waals surface area contributed by atoms with Crippen molar-refractivity contribution in [1.29, 1.82) is 0 Å².